The maximum Gasteiger partial charge on any atom is 0.272 e. The highest BCUT2D eigenvalue weighted by molar-refractivity contribution is 5.93. The highest BCUT2D eigenvalue weighted by Crippen LogP contribution is 2.24. The van der Waals surface area contributed by atoms with Gasteiger partial charge >= 0.3 is 0 Å². The fourth-order valence-corrected chi connectivity index (χ4v) is 3.93. The van der Waals surface area contributed by atoms with Crippen LogP contribution in [0.4, 0.5) is 0 Å². The second-order valence-corrected chi connectivity index (χ2v) is 8.17. The smallest absolute Gasteiger partial charge is 0.272 e. The summed E-state index contributed by atoms with van der Waals surface area (Å²) >= 11 is 0. The van der Waals surface area contributed by atoms with Crippen LogP contribution in [-0.2, 0) is 0 Å². The van der Waals surface area contributed by atoms with Gasteiger partial charge in [-0.15, -0.1) is 0 Å². The molecule has 0 aliphatic carbocycles. The third-order valence-corrected chi connectivity index (χ3v) is 5.33. The van der Waals surface area contributed by atoms with E-state index in [0.29, 0.717) is 18.8 Å². The van der Waals surface area contributed by atoms with E-state index < -0.39 is 5.60 Å². The normalized spacial score (nSPS) is 21.1. The molecule has 3 rings (SSSR count). The molecule has 7 heteroatoms. The quantitative estimate of drug-likeness (QED) is 0.826. The summed E-state index contributed by atoms with van der Waals surface area (Å²) in [4.78, 5) is 21.9. The van der Waals surface area contributed by atoms with E-state index in [9.17, 15) is 9.90 Å². The minimum atomic E-state index is -0.752. The standard InChI is InChI=1S/C21H31N5O2/c1-5-16-14-25(17(6-2)13-24(16)15-21(3,4)28)20(27)19-12-18(8-10-22-19)26-11-7-9-23-26/h7-12,16-17,28H,5-6,13-15H2,1-4H3/t16-,17+/m0/s1. The number of hydrogen-bond acceptors (Lipinski definition) is 5. The number of β-amino-alcohol motifs (C(OH)–C–C–N with tert-alkyl or cyclic N) is 1. The van der Waals surface area contributed by atoms with Crippen LogP contribution in [0.25, 0.3) is 5.69 Å². The zero-order valence-electron chi connectivity index (χ0n) is 17.2. The molecule has 2 atom stereocenters. The molecule has 1 saturated heterocycles. The van der Waals surface area contributed by atoms with Crippen LogP contribution in [0.2, 0.25) is 0 Å². The summed E-state index contributed by atoms with van der Waals surface area (Å²) < 4.78 is 1.73. The monoisotopic (exact) mass is 385 g/mol. The minimum absolute atomic E-state index is 0.0396. The van der Waals surface area contributed by atoms with E-state index in [1.54, 1.807) is 23.1 Å². The van der Waals surface area contributed by atoms with Crippen molar-refractivity contribution in [3.8, 4) is 5.69 Å². The molecular formula is C21H31N5O2. The zero-order chi connectivity index (χ0) is 20.3. The third-order valence-electron chi connectivity index (χ3n) is 5.33. The summed E-state index contributed by atoms with van der Waals surface area (Å²) in [5.41, 5.74) is 0.513. The molecule has 7 nitrogen and oxygen atoms in total. The van der Waals surface area contributed by atoms with Crippen LogP contribution in [0.1, 0.15) is 51.0 Å². The molecule has 2 aromatic heterocycles. The number of nitrogens with zero attached hydrogens (tertiary/aromatic N) is 5. The Hall–Kier alpha value is -2.25. The fourth-order valence-electron chi connectivity index (χ4n) is 3.93. The molecule has 28 heavy (non-hydrogen) atoms. The van der Waals surface area contributed by atoms with Crippen molar-refractivity contribution < 1.29 is 9.90 Å². The largest absolute Gasteiger partial charge is 0.389 e. The van der Waals surface area contributed by atoms with Gasteiger partial charge in [0.05, 0.1) is 11.3 Å². The molecule has 0 bridgehead atoms. The zero-order valence-corrected chi connectivity index (χ0v) is 17.2. The number of carbonyl (C=O) groups is 1. The Kier molecular flexibility index (Phi) is 6.15. The number of piperazine rings is 1. The first kappa shape index (κ1) is 20.5. The SMILES string of the molecule is CC[C@H]1CN(C(=O)c2cc(-n3cccn3)ccn2)[C@H](CC)CN1CC(C)(C)O. The Morgan fingerprint density at radius 2 is 1.96 bits per heavy atom. The molecule has 2 aromatic rings. The molecule has 0 aromatic carbocycles. The Bertz CT molecular complexity index is 784. The van der Waals surface area contributed by atoms with Crippen LogP contribution in [-0.4, -0.2) is 72.9 Å². The van der Waals surface area contributed by atoms with E-state index in [4.69, 9.17) is 0 Å². The molecule has 1 fully saturated rings. The van der Waals surface area contributed by atoms with Gasteiger partial charge in [0, 0.05) is 50.3 Å². The lowest BCUT2D eigenvalue weighted by atomic mass is 9.99. The lowest BCUT2D eigenvalue weighted by Gasteiger charge is -2.47. The van der Waals surface area contributed by atoms with E-state index >= 15 is 0 Å². The highest BCUT2D eigenvalue weighted by atomic mass is 16.3. The second-order valence-electron chi connectivity index (χ2n) is 8.17. The molecule has 1 aliphatic rings. The van der Waals surface area contributed by atoms with Gasteiger partial charge in [-0.25, -0.2) is 4.68 Å². The van der Waals surface area contributed by atoms with E-state index in [-0.39, 0.29) is 18.0 Å². The molecule has 0 saturated carbocycles. The van der Waals surface area contributed by atoms with Gasteiger partial charge in [-0.3, -0.25) is 14.7 Å². The van der Waals surface area contributed by atoms with Crippen LogP contribution in [0, 0.1) is 0 Å². The Morgan fingerprint density at radius 3 is 2.57 bits per heavy atom. The summed E-state index contributed by atoms with van der Waals surface area (Å²) in [6.45, 7) is 9.94. The average molecular weight is 386 g/mol. The van der Waals surface area contributed by atoms with Crippen molar-refractivity contribution in [2.45, 2.75) is 58.2 Å². The Morgan fingerprint density at radius 1 is 1.21 bits per heavy atom. The molecule has 1 N–H and O–H groups in total. The number of carbonyl (C=O) groups excluding carboxylic acids is 1. The van der Waals surface area contributed by atoms with E-state index in [1.165, 1.54) is 0 Å². The molecule has 3 heterocycles. The van der Waals surface area contributed by atoms with E-state index in [0.717, 1.165) is 25.1 Å². The van der Waals surface area contributed by atoms with Crippen molar-refractivity contribution in [3.05, 3.63) is 42.5 Å². The first-order chi connectivity index (χ1) is 13.3. The number of rotatable bonds is 6. The maximum absolute atomic E-state index is 13.3. The molecular weight excluding hydrogens is 354 g/mol. The van der Waals surface area contributed by atoms with Crippen molar-refractivity contribution in [1.82, 2.24) is 24.6 Å². The number of pyridine rings is 1. The first-order valence-corrected chi connectivity index (χ1v) is 10.1. The van der Waals surface area contributed by atoms with Crippen LogP contribution in [0.5, 0.6) is 0 Å². The molecule has 1 amide bonds. The molecule has 1 aliphatic heterocycles. The van der Waals surface area contributed by atoms with Gasteiger partial charge in [-0.1, -0.05) is 13.8 Å². The third kappa shape index (κ3) is 4.59. The van der Waals surface area contributed by atoms with E-state index in [1.807, 2.05) is 37.1 Å². The number of aliphatic hydroxyl groups is 1. The molecule has 0 spiro atoms. The first-order valence-electron chi connectivity index (χ1n) is 10.1. The van der Waals surface area contributed by atoms with E-state index in [2.05, 4.69) is 28.8 Å². The minimum Gasteiger partial charge on any atom is -0.389 e. The summed E-state index contributed by atoms with van der Waals surface area (Å²) in [6, 6.07) is 5.83. The molecule has 0 unspecified atom stereocenters. The lowest BCUT2D eigenvalue weighted by Crippen LogP contribution is -2.61. The van der Waals surface area contributed by atoms with Crippen LogP contribution in [0.3, 0.4) is 0 Å². The summed E-state index contributed by atoms with van der Waals surface area (Å²) in [5, 5.41) is 14.5. The summed E-state index contributed by atoms with van der Waals surface area (Å²) in [7, 11) is 0. The van der Waals surface area contributed by atoms with Gasteiger partial charge in [0.15, 0.2) is 0 Å². The summed E-state index contributed by atoms with van der Waals surface area (Å²) in [5.74, 6) is -0.0396. The van der Waals surface area contributed by atoms with Gasteiger partial charge in [-0.05, 0) is 44.9 Å². The highest BCUT2D eigenvalue weighted by Gasteiger charge is 2.37. The van der Waals surface area contributed by atoms with Gasteiger partial charge in [-0.2, -0.15) is 5.10 Å². The topological polar surface area (TPSA) is 74.5 Å². The van der Waals surface area contributed by atoms with Gasteiger partial charge in [0.25, 0.3) is 5.91 Å². The van der Waals surface area contributed by atoms with Gasteiger partial charge in [0.1, 0.15) is 5.69 Å². The number of aromatic nitrogens is 3. The van der Waals surface area contributed by atoms with Crippen molar-refractivity contribution in [2.75, 3.05) is 19.6 Å². The van der Waals surface area contributed by atoms with Crippen LogP contribution >= 0.6 is 0 Å². The number of amides is 1. The van der Waals surface area contributed by atoms with Crippen LogP contribution in [0.15, 0.2) is 36.8 Å². The Labute approximate surface area is 167 Å². The Balaban J connectivity index is 1.82. The number of hydrogen-bond donors (Lipinski definition) is 1. The lowest BCUT2D eigenvalue weighted by molar-refractivity contribution is -0.0239. The predicted octanol–water partition coefficient (Wildman–Crippen LogP) is 2.35. The fraction of sp³-hybridized carbons (Fsp3) is 0.571. The van der Waals surface area contributed by atoms with Crippen molar-refractivity contribution in [1.29, 1.82) is 0 Å². The molecule has 0 radical (unpaired) electrons. The van der Waals surface area contributed by atoms with Crippen molar-refractivity contribution in [3.63, 3.8) is 0 Å². The van der Waals surface area contributed by atoms with Crippen LogP contribution < -0.4 is 0 Å². The predicted molar refractivity (Wildman–Crippen MR) is 108 cm³/mol. The molecule has 152 valence electrons. The average Bonchev–Trinajstić information content (AvgIpc) is 3.21. The van der Waals surface area contributed by atoms with Crippen molar-refractivity contribution >= 4 is 5.91 Å². The second kappa shape index (κ2) is 8.41. The van der Waals surface area contributed by atoms with Crippen molar-refractivity contribution in [2.24, 2.45) is 0 Å². The maximum atomic E-state index is 13.3. The van der Waals surface area contributed by atoms with Gasteiger partial charge in [0.2, 0.25) is 0 Å². The van der Waals surface area contributed by atoms with Gasteiger partial charge < -0.3 is 10.0 Å². The summed E-state index contributed by atoms with van der Waals surface area (Å²) in [6.07, 6.45) is 7.01.